The van der Waals surface area contributed by atoms with Gasteiger partial charge in [-0.2, -0.15) is 0 Å². The molecule has 0 saturated carbocycles. The van der Waals surface area contributed by atoms with Gasteiger partial charge in [-0.3, -0.25) is 4.72 Å². The van der Waals surface area contributed by atoms with Crippen LogP contribution in [-0.2, 0) is 10.0 Å². The molecule has 0 aliphatic carbocycles. The predicted molar refractivity (Wildman–Crippen MR) is 84.3 cm³/mol. The number of anilines is 1. The van der Waals surface area contributed by atoms with Crippen LogP contribution in [0.3, 0.4) is 0 Å². The summed E-state index contributed by atoms with van der Waals surface area (Å²) in [6, 6.07) is 10.2. The Morgan fingerprint density at radius 2 is 1.95 bits per heavy atom. The zero-order valence-electron chi connectivity index (χ0n) is 11.9. The summed E-state index contributed by atoms with van der Waals surface area (Å²) in [5.74, 6) is 0.850. The maximum absolute atomic E-state index is 12.4. The Balaban J connectivity index is 1.88. The average Bonchev–Trinajstić information content (AvgIpc) is 3.06. The quantitative estimate of drug-likeness (QED) is 0.791. The van der Waals surface area contributed by atoms with E-state index in [0.717, 1.165) is 22.7 Å². The minimum atomic E-state index is -3.67. The third-order valence-electron chi connectivity index (χ3n) is 2.84. The molecule has 1 N–H and O–H groups in total. The van der Waals surface area contributed by atoms with E-state index >= 15 is 0 Å². The normalized spacial score (nSPS) is 11.5. The monoisotopic (exact) mass is 335 g/mol. The summed E-state index contributed by atoms with van der Waals surface area (Å²) in [5.41, 5.74) is 1.49. The number of hydrogen-bond acceptors (Lipinski definition) is 6. The molecule has 3 rings (SSSR count). The van der Waals surface area contributed by atoms with E-state index in [4.69, 9.17) is 4.52 Å². The van der Waals surface area contributed by atoms with Crippen molar-refractivity contribution in [2.24, 2.45) is 0 Å². The van der Waals surface area contributed by atoms with Crippen molar-refractivity contribution >= 4 is 27.2 Å². The zero-order valence-corrected chi connectivity index (χ0v) is 13.5. The van der Waals surface area contributed by atoms with Crippen LogP contribution in [0.4, 0.5) is 5.82 Å². The molecular formula is C14H13N3O3S2. The van der Waals surface area contributed by atoms with E-state index in [-0.39, 0.29) is 4.21 Å². The van der Waals surface area contributed by atoms with Crippen LogP contribution in [0.25, 0.3) is 10.6 Å². The highest BCUT2D eigenvalue weighted by Crippen LogP contribution is 2.31. The first kappa shape index (κ1) is 14.7. The number of hydrogen-bond donors (Lipinski definition) is 1. The van der Waals surface area contributed by atoms with Gasteiger partial charge in [0.1, 0.15) is 10.0 Å². The molecule has 0 unspecified atom stereocenters. The number of sulfonamides is 1. The predicted octanol–water partition coefficient (Wildman–Crippen LogP) is 3.22. The van der Waals surface area contributed by atoms with Crippen LogP contribution in [0, 0.1) is 13.8 Å². The Hall–Kier alpha value is -2.19. The lowest BCUT2D eigenvalue weighted by atomic mass is 10.3. The van der Waals surface area contributed by atoms with Crippen LogP contribution in [0.15, 0.2) is 45.1 Å². The molecule has 0 atom stereocenters. The van der Waals surface area contributed by atoms with Gasteiger partial charge in [-0.05, 0) is 38.1 Å². The second-order valence-electron chi connectivity index (χ2n) is 4.72. The summed E-state index contributed by atoms with van der Waals surface area (Å²) in [7, 11) is -3.67. The summed E-state index contributed by atoms with van der Waals surface area (Å²) < 4.78 is 32.6. The molecule has 0 saturated heterocycles. The van der Waals surface area contributed by atoms with Crippen molar-refractivity contribution in [1.29, 1.82) is 0 Å². The van der Waals surface area contributed by atoms with E-state index in [0.29, 0.717) is 16.5 Å². The van der Waals surface area contributed by atoms with E-state index < -0.39 is 10.0 Å². The third-order valence-corrected chi connectivity index (χ3v) is 5.79. The second kappa shape index (κ2) is 5.54. The minimum absolute atomic E-state index is 0.194. The van der Waals surface area contributed by atoms with Gasteiger partial charge in [-0.25, -0.2) is 13.4 Å². The van der Waals surface area contributed by atoms with Gasteiger partial charge in [0.25, 0.3) is 10.0 Å². The van der Waals surface area contributed by atoms with Gasteiger partial charge < -0.3 is 4.52 Å². The van der Waals surface area contributed by atoms with Crippen molar-refractivity contribution in [1.82, 2.24) is 10.1 Å². The number of thiophene rings is 1. The smallest absolute Gasteiger partial charge is 0.272 e. The number of nitrogens with zero attached hydrogens (tertiary/aromatic N) is 2. The minimum Gasteiger partial charge on any atom is -0.355 e. The number of pyridine rings is 1. The van der Waals surface area contributed by atoms with Crippen LogP contribution in [0.5, 0.6) is 0 Å². The molecule has 22 heavy (non-hydrogen) atoms. The SMILES string of the molecule is Cc1cc(-c2ccc(S(=O)(=O)Nc3cccc(C)n3)s2)on1. The topological polar surface area (TPSA) is 85.1 Å². The maximum atomic E-state index is 12.4. The summed E-state index contributed by atoms with van der Waals surface area (Å²) in [6.45, 7) is 3.61. The van der Waals surface area contributed by atoms with Crippen LogP contribution >= 0.6 is 11.3 Å². The van der Waals surface area contributed by atoms with Crippen LogP contribution in [0.1, 0.15) is 11.4 Å². The molecule has 3 aromatic heterocycles. The molecule has 0 amide bonds. The van der Waals surface area contributed by atoms with Gasteiger partial charge in [-0.1, -0.05) is 11.2 Å². The first-order valence-corrected chi connectivity index (χ1v) is 8.74. The third kappa shape index (κ3) is 3.02. The van der Waals surface area contributed by atoms with E-state index in [1.165, 1.54) is 6.07 Å². The molecule has 0 fully saturated rings. The fourth-order valence-corrected chi connectivity index (χ4v) is 4.12. The van der Waals surface area contributed by atoms with Gasteiger partial charge in [0.15, 0.2) is 5.76 Å². The maximum Gasteiger partial charge on any atom is 0.272 e. The lowest BCUT2D eigenvalue weighted by Gasteiger charge is -2.05. The van der Waals surface area contributed by atoms with Crippen molar-refractivity contribution in [3.63, 3.8) is 0 Å². The summed E-state index contributed by atoms with van der Waals surface area (Å²) in [4.78, 5) is 4.84. The van der Waals surface area contributed by atoms with Crippen molar-refractivity contribution in [3.05, 3.63) is 47.8 Å². The fraction of sp³-hybridized carbons (Fsp3) is 0.143. The fourth-order valence-electron chi connectivity index (χ4n) is 1.86. The van der Waals surface area contributed by atoms with E-state index in [2.05, 4.69) is 14.9 Å². The molecule has 8 heteroatoms. The van der Waals surface area contributed by atoms with Crippen LogP contribution in [-0.4, -0.2) is 18.6 Å². The average molecular weight is 335 g/mol. The first-order chi connectivity index (χ1) is 10.4. The highest BCUT2D eigenvalue weighted by atomic mass is 32.2. The lowest BCUT2D eigenvalue weighted by Crippen LogP contribution is -2.12. The molecule has 3 heterocycles. The Kier molecular flexibility index (Phi) is 3.71. The van der Waals surface area contributed by atoms with Crippen LogP contribution < -0.4 is 4.72 Å². The molecule has 114 valence electrons. The Morgan fingerprint density at radius 1 is 1.14 bits per heavy atom. The zero-order chi connectivity index (χ0) is 15.7. The largest absolute Gasteiger partial charge is 0.355 e. The first-order valence-electron chi connectivity index (χ1n) is 6.44. The molecule has 0 aromatic carbocycles. The number of rotatable bonds is 4. The summed E-state index contributed by atoms with van der Waals surface area (Å²) in [6.07, 6.45) is 0. The van der Waals surface area contributed by atoms with Gasteiger partial charge in [0, 0.05) is 11.8 Å². The Labute approximate surface area is 131 Å². The molecule has 0 spiro atoms. The molecular weight excluding hydrogens is 322 g/mol. The van der Waals surface area contributed by atoms with Gasteiger partial charge in [-0.15, -0.1) is 11.3 Å². The number of aryl methyl sites for hydroxylation is 2. The van der Waals surface area contributed by atoms with Gasteiger partial charge in [0.2, 0.25) is 0 Å². The van der Waals surface area contributed by atoms with Crippen molar-refractivity contribution in [2.75, 3.05) is 4.72 Å². The van der Waals surface area contributed by atoms with Crippen LogP contribution in [0.2, 0.25) is 0 Å². The van der Waals surface area contributed by atoms with E-state index in [1.807, 2.05) is 6.92 Å². The number of aromatic nitrogens is 2. The lowest BCUT2D eigenvalue weighted by molar-refractivity contribution is 0.428. The molecule has 0 bridgehead atoms. The molecule has 0 aliphatic rings. The van der Waals surface area contributed by atoms with E-state index in [1.54, 1.807) is 37.3 Å². The second-order valence-corrected chi connectivity index (χ2v) is 7.71. The van der Waals surface area contributed by atoms with Crippen molar-refractivity contribution in [3.8, 4) is 10.6 Å². The highest BCUT2D eigenvalue weighted by molar-refractivity contribution is 7.94. The molecule has 6 nitrogen and oxygen atoms in total. The highest BCUT2D eigenvalue weighted by Gasteiger charge is 2.19. The summed E-state index contributed by atoms with van der Waals surface area (Å²) in [5, 5.41) is 3.80. The standard InChI is InChI=1S/C14H13N3O3S2/c1-9-4-3-5-13(15-9)17-22(18,19)14-7-6-12(21-14)11-8-10(2)16-20-11/h3-8H,1-2H3,(H,15,17). The Morgan fingerprint density at radius 3 is 2.64 bits per heavy atom. The summed E-state index contributed by atoms with van der Waals surface area (Å²) >= 11 is 1.12. The van der Waals surface area contributed by atoms with Gasteiger partial charge >= 0.3 is 0 Å². The molecule has 0 radical (unpaired) electrons. The van der Waals surface area contributed by atoms with Crippen molar-refractivity contribution in [2.45, 2.75) is 18.1 Å². The molecule has 0 aliphatic heterocycles. The number of nitrogens with one attached hydrogen (secondary N) is 1. The van der Waals surface area contributed by atoms with E-state index in [9.17, 15) is 8.42 Å². The Bertz CT molecular complexity index is 913. The van der Waals surface area contributed by atoms with Gasteiger partial charge in [0.05, 0.1) is 10.6 Å². The van der Waals surface area contributed by atoms with Crippen molar-refractivity contribution < 1.29 is 12.9 Å². The molecule has 3 aromatic rings.